The molecular weight excluding hydrogens is 296 g/mol. The van der Waals surface area contributed by atoms with Gasteiger partial charge in [0.15, 0.2) is 0 Å². The molecule has 4 N–H and O–H groups in total. The molecule has 1 rings (SSSR count). The number of rotatable bonds is 6. The number of ether oxygens (including phenoxy) is 1. The number of hydrogen-bond donors (Lipinski definition) is 3. The molecule has 1 aromatic carbocycles. The fourth-order valence-corrected chi connectivity index (χ4v) is 2.33. The fourth-order valence-electron chi connectivity index (χ4n) is 2.33. The predicted octanol–water partition coefficient (Wildman–Crippen LogP) is 1.94. The number of carbonyl (C=O) groups is 2. The molecule has 0 saturated heterocycles. The number of nitrogens with one attached hydrogen (secondary N) is 1. The highest BCUT2D eigenvalue weighted by molar-refractivity contribution is 5.73. The van der Waals surface area contributed by atoms with E-state index in [1.165, 1.54) is 0 Å². The fraction of sp³-hybridized carbons (Fsp3) is 0.529. The van der Waals surface area contributed by atoms with Crippen LogP contribution in [0.1, 0.15) is 43.0 Å². The van der Waals surface area contributed by atoms with Gasteiger partial charge in [-0.15, -0.1) is 0 Å². The number of esters is 1. The van der Waals surface area contributed by atoms with E-state index in [0.717, 1.165) is 22.3 Å². The molecule has 0 aliphatic heterocycles. The Balaban J connectivity index is 2.80. The van der Waals surface area contributed by atoms with E-state index in [1.807, 2.05) is 40.7 Å². The zero-order valence-corrected chi connectivity index (χ0v) is 14.4. The third-order valence-corrected chi connectivity index (χ3v) is 3.48. The maximum Gasteiger partial charge on any atom is 0.320 e. The van der Waals surface area contributed by atoms with Crippen molar-refractivity contribution in [3.63, 3.8) is 0 Å². The van der Waals surface area contributed by atoms with Gasteiger partial charge in [0, 0.05) is 12.2 Å². The molecule has 6 heteroatoms. The van der Waals surface area contributed by atoms with Gasteiger partial charge in [0.2, 0.25) is 0 Å². The van der Waals surface area contributed by atoms with Crippen molar-refractivity contribution < 1.29 is 19.4 Å². The quantitative estimate of drug-likeness (QED) is 0.546. The Morgan fingerprint density at radius 3 is 2.39 bits per heavy atom. The molecule has 0 saturated carbocycles. The number of aliphatic carboxylic acids is 1. The van der Waals surface area contributed by atoms with Gasteiger partial charge in [-0.25, -0.2) is 0 Å². The first-order valence-corrected chi connectivity index (χ1v) is 7.53. The molecule has 128 valence electrons. The lowest BCUT2D eigenvalue weighted by atomic mass is 9.94. The zero-order valence-electron chi connectivity index (χ0n) is 14.4. The van der Waals surface area contributed by atoms with Crippen LogP contribution in [-0.4, -0.2) is 29.2 Å². The van der Waals surface area contributed by atoms with E-state index in [1.54, 1.807) is 0 Å². The summed E-state index contributed by atoms with van der Waals surface area (Å²) < 4.78 is 5.22. The average molecular weight is 322 g/mol. The lowest BCUT2D eigenvalue weighted by Crippen LogP contribution is -2.31. The van der Waals surface area contributed by atoms with Crippen molar-refractivity contribution >= 4 is 17.6 Å². The highest BCUT2D eigenvalue weighted by atomic mass is 16.6. The molecule has 0 unspecified atom stereocenters. The second-order valence-electron chi connectivity index (χ2n) is 6.61. The van der Waals surface area contributed by atoms with Gasteiger partial charge in [-0.3, -0.25) is 9.59 Å². The van der Waals surface area contributed by atoms with E-state index in [4.69, 9.17) is 15.6 Å². The first-order chi connectivity index (χ1) is 10.5. The number of hydrogen-bond acceptors (Lipinski definition) is 5. The molecular formula is C17H26N2O4. The Bertz CT molecular complexity index is 604. The molecule has 0 amide bonds. The molecule has 0 spiro atoms. The van der Waals surface area contributed by atoms with Crippen LogP contribution in [0, 0.1) is 13.8 Å². The number of carbonyl (C=O) groups excluding carboxylic acids is 1. The minimum Gasteiger partial charge on any atom is -0.481 e. The Kier molecular flexibility index (Phi) is 6.15. The van der Waals surface area contributed by atoms with Crippen LogP contribution in [0.5, 0.6) is 0 Å². The summed E-state index contributed by atoms with van der Waals surface area (Å²) in [5.74, 6) is -1.23. The van der Waals surface area contributed by atoms with E-state index in [9.17, 15) is 9.59 Å². The van der Waals surface area contributed by atoms with Gasteiger partial charge in [-0.05, 0) is 62.9 Å². The second-order valence-corrected chi connectivity index (χ2v) is 6.61. The first kappa shape index (κ1) is 19.0. The molecule has 0 aliphatic rings. The average Bonchev–Trinajstić information content (AvgIpc) is 2.38. The van der Waals surface area contributed by atoms with Crippen molar-refractivity contribution in [3.05, 3.63) is 28.3 Å². The van der Waals surface area contributed by atoms with Crippen LogP contribution in [0.4, 0.5) is 5.69 Å². The number of carboxylic acids is 1. The topological polar surface area (TPSA) is 102 Å². The minimum absolute atomic E-state index is 0.0677. The number of carboxylic acid groups (broad SMARTS) is 1. The number of nitrogens with two attached hydrogens (primary N) is 1. The van der Waals surface area contributed by atoms with Crippen molar-refractivity contribution in [1.29, 1.82) is 0 Å². The van der Waals surface area contributed by atoms with Crippen LogP contribution in [0.15, 0.2) is 6.07 Å². The lowest BCUT2D eigenvalue weighted by molar-refractivity contribution is -0.153. The van der Waals surface area contributed by atoms with Crippen molar-refractivity contribution in [2.75, 3.05) is 12.3 Å². The van der Waals surface area contributed by atoms with E-state index in [-0.39, 0.29) is 18.9 Å². The van der Waals surface area contributed by atoms with Crippen LogP contribution in [0.25, 0.3) is 0 Å². The van der Waals surface area contributed by atoms with Gasteiger partial charge in [-0.2, -0.15) is 0 Å². The van der Waals surface area contributed by atoms with Crippen molar-refractivity contribution in [1.82, 2.24) is 5.32 Å². The van der Waals surface area contributed by atoms with Gasteiger partial charge in [-0.1, -0.05) is 0 Å². The summed E-state index contributed by atoms with van der Waals surface area (Å²) in [4.78, 5) is 22.7. The summed E-state index contributed by atoms with van der Waals surface area (Å²) in [7, 11) is 0. The van der Waals surface area contributed by atoms with Crippen LogP contribution in [0.2, 0.25) is 0 Å². The highest BCUT2D eigenvalue weighted by Crippen LogP contribution is 2.24. The standard InChI is InChI=1S/C17H26N2O4/c1-10-12(8-19-9-16(22)23-17(3,4)5)6-14(18)11(2)13(10)7-15(20)21/h6,19H,7-9,18H2,1-5H3,(H,20,21). The van der Waals surface area contributed by atoms with E-state index < -0.39 is 11.6 Å². The third-order valence-electron chi connectivity index (χ3n) is 3.48. The lowest BCUT2D eigenvalue weighted by Gasteiger charge is -2.20. The summed E-state index contributed by atoms with van der Waals surface area (Å²) in [5.41, 5.74) is 9.30. The number of anilines is 1. The first-order valence-electron chi connectivity index (χ1n) is 7.53. The summed E-state index contributed by atoms with van der Waals surface area (Å²) in [6, 6.07) is 1.82. The smallest absolute Gasteiger partial charge is 0.320 e. The van der Waals surface area contributed by atoms with Crippen molar-refractivity contribution in [3.8, 4) is 0 Å². The Morgan fingerprint density at radius 2 is 1.87 bits per heavy atom. The van der Waals surface area contributed by atoms with E-state index in [0.29, 0.717) is 12.2 Å². The molecule has 0 radical (unpaired) electrons. The summed E-state index contributed by atoms with van der Waals surface area (Å²) >= 11 is 0. The van der Waals surface area contributed by atoms with Gasteiger partial charge in [0.25, 0.3) is 0 Å². The van der Waals surface area contributed by atoms with Gasteiger partial charge in [0.05, 0.1) is 13.0 Å². The number of nitrogen functional groups attached to an aromatic ring is 1. The molecule has 0 aromatic heterocycles. The maximum atomic E-state index is 11.7. The molecule has 0 bridgehead atoms. The predicted molar refractivity (Wildman–Crippen MR) is 89.2 cm³/mol. The second kappa shape index (κ2) is 7.46. The molecule has 0 fully saturated rings. The van der Waals surface area contributed by atoms with Gasteiger partial charge in [0.1, 0.15) is 5.60 Å². The van der Waals surface area contributed by atoms with Crippen LogP contribution >= 0.6 is 0 Å². The summed E-state index contributed by atoms with van der Waals surface area (Å²) in [6.45, 7) is 9.63. The number of benzene rings is 1. The van der Waals surface area contributed by atoms with Crippen LogP contribution in [-0.2, 0) is 27.3 Å². The molecule has 0 atom stereocenters. The molecule has 23 heavy (non-hydrogen) atoms. The van der Waals surface area contributed by atoms with Crippen LogP contribution < -0.4 is 11.1 Å². The Labute approximate surface area is 137 Å². The minimum atomic E-state index is -0.894. The highest BCUT2D eigenvalue weighted by Gasteiger charge is 2.17. The van der Waals surface area contributed by atoms with Crippen molar-refractivity contribution in [2.45, 2.75) is 53.2 Å². The molecule has 6 nitrogen and oxygen atoms in total. The van der Waals surface area contributed by atoms with E-state index >= 15 is 0 Å². The largest absolute Gasteiger partial charge is 0.481 e. The Hall–Kier alpha value is -2.08. The van der Waals surface area contributed by atoms with E-state index in [2.05, 4.69) is 5.32 Å². The third kappa shape index (κ3) is 5.90. The Morgan fingerprint density at radius 1 is 1.26 bits per heavy atom. The molecule has 0 heterocycles. The SMILES string of the molecule is Cc1c(N)cc(CNCC(=O)OC(C)(C)C)c(C)c1CC(=O)O. The van der Waals surface area contributed by atoms with Gasteiger partial charge < -0.3 is 20.9 Å². The normalized spacial score (nSPS) is 11.3. The molecule has 1 aromatic rings. The van der Waals surface area contributed by atoms with Gasteiger partial charge >= 0.3 is 11.9 Å². The van der Waals surface area contributed by atoms with Crippen molar-refractivity contribution in [2.24, 2.45) is 0 Å². The molecule has 0 aliphatic carbocycles. The maximum absolute atomic E-state index is 11.7. The monoisotopic (exact) mass is 322 g/mol. The summed E-state index contributed by atoms with van der Waals surface area (Å²) in [5, 5.41) is 12.1. The van der Waals surface area contributed by atoms with Crippen LogP contribution in [0.3, 0.4) is 0 Å². The summed E-state index contributed by atoms with van der Waals surface area (Å²) in [6.07, 6.45) is -0.0677. The zero-order chi connectivity index (χ0) is 17.8.